The summed E-state index contributed by atoms with van der Waals surface area (Å²) >= 11 is 0. The third kappa shape index (κ3) is 5.05. The average molecular weight is 560 g/mol. The van der Waals surface area contributed by atoms with Gasteiger partial charge in [-0.25, -0.2) is 14.7 Å². The maximum Gasteiger partial charge on any atom is 0.377 e. The molecule has 3 heterocycles. The Morgan fingerprint density at radius 2 is 1.73 bits per heavy atom. The number of imidazole rings is 1. The van der Waals surface area contributed by atoms with Crippen LogP contribution in [-0.2, 0) is 44.6 Å². The zero-order chi connectivity index (χ0) is 28.7. The van der Waals surface area contributed by atoms with E-state index in [4.69, 9.17) is 20.2 Å². The number of carbonyl (C=O) groups excluding carboxylic acids is 3. The van der Waals surface area contributed by atoms with Gasteiger partial charge < -0.3 is 19.8 Å². The molecule has 2 aliphatic heterocycles. The number of amides is 2. The molecule has 1 saturated carbocycles. The van der Waals surface area contributed by atoms with Gasteiger partial charge in [-0.2, -0.15) is 0 Å². The van der Waals surface area contributed by atoms with Crippen molar-refractivity contribution in [2.24, 2.45) is 11.7 Å². The highest BCUT2D eigenvalue weighted by Crippen LogP contribution is 2.49. The molecule has 2 aromatic carbocycles. The number of anilines is 1. The Hall–Kier alpha value is -3.92. The zero-order valence-corrected chi connectivity index (χ0v) is 23.7. The molecule has 3 aromatic rings. The minimum absolute atomic E-state index is 0.154. The molecule has 1 spiro atoms. The number of nitrogens with zero attached hydrogens (tertiary/aromatic N) is 4. The molecule has 10 nitrogen and oxygen atoms in total. The fourth-order valence-corrected chi connectivity index (χ4v) is 5.78. The van der Waals surface area contributed by atoms with Crippen LogP contribution in [0, 0.1) is 5.92 Å². The first-order valence-electron chi connectivity index (χ1n) is 14.6. The molecule has 0 radical (unpaired) electrons. The van der Waals surface area contributed by atoms with Gasteiger partial charge >= 0.3 is 23.9 Å². The van der Waals surface area contributed by atoms with Gasteiger partial charge in [-0.05, 0) is 67.9 Å². The van der Waals surface area contributed by atoms with Crippen LogP contribution in [-0.4, -0.2) is 38.5 Å². The number of aryl methyl sites for hydroxylation is 1. The third-order valence-corrected chi connectivity index (χ3v) is 8.07. The van der Waals surface area contributed by atoms with Crippen molar-refractivity contribution in [3.05, 3.63) is 59.4 Å². The molecule has 216 valence electrons. The van der Waals surface area contributed by atoms with Crippen LogP contribution in [0.4, 0.5) is 10.5 Å². The maximum atomic E-state index is 14.5. The Morgan fingerprint density at radius 1 is 1.02 bits per heavy atom. The van der Waals surface area contributed by atoms with Gasteiger partial charge in [-0.1, -0.05) is 32.0 Å². The van der Waals surface area contributed by atoms with Crippen molar-refractivity contribution in [3.8, 4) is 0 Å². The van der Waals surface area contributed by atoms with Crippen LogP contribution < -0.4 is 10.6 Å². The number of hydrogen-bond acceptors (Lipinski definition) is 7. The molecule has 0 bridgehead atoms. The van der Waals surface area contributed by atoms with E-state index in [1.165, 1.54) is 4.90 Å². The summed E-state index contributed by atoms with van der Waals surface area (Å²) in [6.07, 6.45) is 3.76. The molecular formula is C31H37N5O5. The fraction of sp³-hybridized carbons (Fsp3) is 0.484. The highest BCUT2D eigenvalue weighted by atomic mass is 16.8. The van der Waals surface area contributed by atoms with E-state index in [1.54, 1.807) is 23.1 Å². The smallest absolute Gasteiger partial charge is 0.377 e. The Labute approximate surface area is 239 Å². The predicted molar refractivity (Wildman–Crippen MR) is 152 cm³/mol. The first-order chi connectivity index (χ1) is 19.8. The van der Waals surface area contributed by atoms with Crippen LogP contribution in [0.5, 0.6) is 0 Å². The van der Waals surface area contributed by atoms with Crippen molar-refractivity contribution in [2.75, 3.05) is 4.90 Å². The lowest BCUT2D eigenvalue weighted by Gasteiger charge is -2.48. The molecule has 0 unspecified atom stereocenters. The first kappa shape index (κ1) is 27.3. The Balaban J connectivity index is 1.47. The Bertz CT molecular complexity index is 1470. The summed E-state index contributed by atoms with van der Waals surface area (Å²) in [5, 5.41) is 0. The van der Waals surface area contributed by atoms with Gasteiger partial charge in [0.2, 0.25) is 0 Å². The highest BCUT2D eigenvalue weighted by molar-refractivity contribution is 5.97. The quantitative estimate of drug-likeness (QED) is 0.408. The zero-order valence-electron chi connectivity index (χ0n) is 23.7. The lowest BCUT2D eigenvalue weighted by atomic mass is 10.0. The number of fused-ring (bicyclic) bond motifs is 3. The van der Waals surface area contributed by atoms with E-state index < -0.39 is 17.8 Å². The summed E-state index contributed by atoms with van der Waals surface area (Å²) in [4.78, 5) is 48.5. The van der Waals surface area contributed by atoms with E-state index in [0.717, 1.165) is 48.2 Å². The lowest BCUT2D eigenvalue weighted by Crippen LogP contribution is -2.63. The summed E-state index contributed by atoms with van der Waals surface area (Å²) < 4.78 is 14.2. The highest BCUT2D eigenvalue weighted by Gasteiger charge is 2.60. The van der Waals surface area contributed by atoms with Gasteiger partial charge in [0.25, 0.3) is 0 Å². The fourth-order valence-electron chi connectivity index (χ4n) is 5.78. The summed E-state index contributed by atoms with van der Waals surface area (Å²) in [6, 6.07) is 12.7. The van der Waals surface area contributed by atoms with E-state index in [9.17, 15) is 14.4 Å². The normalized spacial score (nSPS) is 19.2. The molecule has 10 heteroatoms. The van der Waals surface area contributed by atoms with Crippen LogP contribution in [0.25, 0.3) is 11.0 Å². The second kappa shape index (κ2) is 10.8. The van der Waals surface area contributed by atoms with Crippen molar-refractivity contribution >= 4 is 34.7 Å². The molecule has 2 N–H and O–H groups in total. The van der Waals surface area contributed by atoms with Crippen LogP contribution in [0.2, 0.25) is 0 Å². The monoisotopic (exact) mass is 559 g/mol. The van der Waals surface area contributed by atoms with Crippen molar-refractivity contribution in [3.63, 3.8) is 0 Å². The number of rotatable bonds is 7. The van der Waals surface area contributed by atoms with Gasteiger partial charge in [-0.15, -0.1) is 0 Å². The molecule has 6 rings (SSSR count). The van der Waals surface area contributed by atoms with E-state index >= 15 is 0 Å². The Morgan fingerprint density at radius 3 is 2.39 bits per heavy atom. The SMILES string of the molecule is CC(C)CCn1c(CN2C(=O)N(C3CC3)C3(OC(=O)CCCCC(=O)O3)c3ccccc32)nc2cc(CN)ccc21. The Kier molecular flexibility index (Phi) is 7.19. The molecule has 1 aromatic heterocycles. The minimum atomic E-state index is -1.93. The van der Waals surface area contributed by atoms with Crippen LogP contribution >= 0.6 is 0 Å². The van der Waals surface area contributed by atoms with Crippen molar-refractivity contribution in [1.82, 2.24) is 14.5 Å². The van der Waals surface area contributed by atoms with Gasteiger partial charge in [0.05, 0.1) is 28.8 Å². The number of aromatic nitrogens is 2. The number of para-hydroxylation sites is 1. The largest absolute Gasteiger partial charge is 0.399 e. The number of hydrogen-bond donors (Lipinski definition) is 1. The number of urea groups is 1. The molecule has 2 fully saturated rings. The average Bonchev–Trinajstić information content (AvgIpc) is 3.71. The minimum Gasteiger partial charge on any atom is -0.399 e. The van der Waals surface area contributed by atoms with Crippen LogP contribution in [0.3, 0.4) is 0 Å². The number of nitrogens with two attached hydrogens (primary N) is 1. The lowest BCUT2D eigenvalue weighted by molar-refractivity contribution is -0.286. The third-order valence-electron chi connectivity index (χ3n) is 8.07. The molecule has 41 heavy (non-hydrogen) atoms. The number of benzene rings is 2. The summed E-state index contributed by atoms with van der Waals surface area (Å²) in [6.45, 7) is 5.73. The number of carbonyl (C=O) groups is 3. The number of ether oxygens (including phenoxy) is 2. The molecular weight excluding hydrogens is 522 g/mol. The van der Waals surface area contributed by atoms with Gasteiger partial charge in [0.15, 0.2) is 0 Å². The van der Waals surface area contributed by atoms with Crippen LogP contribution in [0.1, 0.15) is 75.7 Å². The van der Waals surface area contributed by atoms with Crippen molar-refractivity contribution in [2.45, 2.75) is 90.4 Å². The van der Waals surface area contributed by atoms with Crippen LogP contribution in [0.15, 0.2) is 42.5 Å². The van der Waals surface area contributed by atoms with E-state index in [1.807, 2.05) is 24.3 Å². The van der Waals surface area contributed by atoms with E-state index in [2.05, 4.69) is 18.4 Å². The van der Waals surface area contributed by atoms with Gasteiger partial charge in [0, 0.05) is 32.0 Å². The van der Waals surface area contributed by atoms with Gasteiger partial charge in [-0.3, -0.25) is 14.5 Å². The van der Waals surface area contributed by atoms with Crippen molar-refractivity contribution in [1.29, 1.82) is 0 Å². The predicted octanol–water partition coefficient (Wildman–Crippen LogP) is 4.92. The summed E-state index contributed by atoms with van der Waals surface area (Å²) in [7, 11) is 0. The number of esters is 2. The van der Waals surface area contributed by atoms with E-state index in [-0.39, 0.29) is 31.5 Å². The second-order valence-corrected chi connectivity index (χ2v) is 11.6. The molecule has 0 atom stereocenters. The first-order valence-corrected chi connectivity index (χ1v) is 14.6. The van der Waals surface area contributed by atoms with Crippen molar-refractivity contribution < 1.29 is 23.9 Å². The maximum absolute atomic E-state index is 14.5. The van der Waals surface area contributed by atoms with Gasteiger partial charge in [0.1, 0.15) is 5.82 Å². The molecule has 1 aliphatic carbocycles. The molecule has 1 saturated heterocycles. The topological polar surface area (TPSA) is 120 Å². The second-order valence-electron chi connectivity index (χ2n) is 11.6. The molecule has 3 aliphatic rings. The standard InChI is InChI=1S/C31H37N5O5/c1-20(2)15-16-34-26-14-11-21(18-32)17-24(26)33-27(34)19-35-25-8-4-3-7-23(25)31(36(30(35)39)22-12-13-22)40-28(37)9-5-6-10-29(38)41-31/h3-4,7-8,11,14,17,20,22H,5-6,9-10,12-13,15-16,18-19,32H2,1-2H3. The summed E-state index contributed by atoms with van der Waals surface area (Å²) in [5.74, 6) is -1.69. The summed E-state index contributed by atoms with van der Waals surface area (Å²) in [5.41, 5.74) is 9.71. The van der Waals surface area contributed by atoms with E-state index in [0.29, 0.717) is 36.6 Å². The molecule has 2 amide bonds.